The van der Waals surface area contributed by atoms with Gasteiger partial charge in [0.25, 0.3) is 11.6 Å². The number of hydrogen-bond acceptors (Lipinski definition) is 4. The minimum atomic E-state index is -0.610. The number of nitrogens with zero attached hydrogens (tertiary/aromatic N) is 1. The van der Waals surface area contributed by atoms with Crippen molar-refractivity contribution in [3.63, 3.8) is 0 Å². The van der Waals surface area contributed by atoms with E-state index in [1.54, 1.807) is 0 Å². The number of rotatable bonds is 4. The van der Waals surface area contributed by atoms with Crippen LogP contribution in [0.3, 0.4) is 0 Å². The summed E-state index contributed by atoms with van der Waals surface area (Å²) in [4.78, 5) is 22.7. The lowest BCUT2D eigenvalue weighted by molar-refractivity contribution is -0.385. The number of carbonyl (C=O) groups excluding carboxylic acids is 1. The van der Waals surface area contributed by atoms with E-state index in [1.165, 1.54) is 18.2 Å². The van der Waals surface area contributed by atoms with Crippen LogP contribution in [0.25, 0.3) is 0 Å². The molecule has 0 bridgehead atoms. The molecule has 124 valence electrons. The zero-order chi connectivity index (χ0) is 17.1. The van der Waals surface area contributed by atoms with Gasteiger partial charge in [0.2, 0.25) is 0 Å². The van der Waals surface area contributed by atoms with Gasteiger partial charge in [-0.1, -0.05) is 29.8 Å². The van der Waals surface area contributed by atoms with Crippen LogP contribution in [0.5, 0.6) is 5.75 Å². The van der Waals surface area contributed by atoms with Crippen molar-refractivity contribution in [2.45, 2.75) is 6.42 Å². The second-order valence-electron chi connectivity index (χ2n) is 5.62. The Balaban J connectivity index is 1.66. The van der Waals surface area contributed by atoms with E-state index in [0.29, 0.717) is 13.2 Å². The summed E-state index contributed by atoms with van der Waals surface area (Å²) in [6.45, 7) is 0.882. The lowest BCUT2D eigenvalue weighted by Gasteiger charge is -2.25. The van der Waals surface area contributed by atoms with Gasteiger partial charge in [-0.2, -0.15) is 0 Å². The van der Waals surface area contributed by atoms with Crippen LogP contribution >= 0.6 is 11.6 Å². The molecule has 1 amide bonds. The molecule has 3 rings (SSSR count). The molecule has 7 heteroatoms. The van der Waals surface area contributed by atoms with E-state index in [-0.39, 0.29) is 22.2 Å². The van der Waals surface area contributed by atoms with E-state index < -0.39 is 10.8 Å². The number of halogens is 1. The molecule has 1 unspecified atom stereocenters. The van der Waals surface area contributed by atoms with Crippen molar-refractivity contribution >= 4 is 23.2 Å². The molecule has 2 aromatic carbocycles. The van der Waals surface area contributed by atoms with Crippen LogP contribution in [0.1, 0.15) is 15.9 Å². The predicted molar refractivity (Wildman–Crippen MR) is 89.6 cm³/mol. The fourth-order valence-corrected chi connectivity index (χ4v) is 2.87. The van der Waals surface area contributed by atoms with Crippen LogP contribution in [0.2, 0.25) is 5.02 Å². The van der Waals surface area contributed by atoms with Gasteiger partial charge >= 0.3 is 0 Å². The van der Waals surface area contributed by atoms with Crippen molar-refractivity contribution in [3.05, 3.63) is 68.7 Å². The molecule has 1 heterocycles. The van der Waals surface area contributed by atoms with Gasteiger partial charge in [-0.15, -0.1) is 0 Å². The number of nitro benzene ring substituents is 1. The van der Waals surface area contributed by atoms with Gasteiger partial charge in [0.1, 0.15) is 11.3 Å². The molecular formula is C17H15ClN2O4. The van der Waals surface area contributed by atoms with Crippen LogP contribution in [0.4, 0.5) is 5.69 Å². The first-order valence-corrected chi connectivity index (χ1v) is 7.85. The highest BCUT2D eigenvalue weighted by molar-refractivity contribution is 6.31. The molecule has 0 aromatic heterocycles. The Labute approximate surface area is 143 Å². The Kier molecular flexibility index (Phi) is 4.66. The summed E-state index contributed by atoms with van der Waals surface area (Å²) in [6.07, 6.45) is 0.791. The van der Waals surface area contributed by atoms with E-state index in [0.717, 1.165) is 17.7 Å². The highest BCUT2D eigenvalue weighted by Gasteiger charge is 2.23. The van der Waals surface area contributed by atoms with Crippen LogP contribution in [0, 0.1) is 16.0 Å². The van der Waals surface area contributed by atoms with Crippen molar-refractivity contribution in [3.8, 4) is 5.75 Å². The van der Waals surface area contributed by atoms with E-state index >= 15 is 0 Å². The molecule has 6 nitrogen and oxygen atoms in total. The number of benzene rings is 2. The third-order valence-electron chi connectivity index (χ3n) is 3.91. The number of fused-ring (bicyclic) bond motifs is 1. The van der Waals surface area contributed by atoms with Gasteiger partial charge in [-0.05, 0) is 30.2 Å². The Morgan fingerprint density at radius 2 is 2.12 bits per heavy atom. The number of nitrogens with one attached hydrogen (secondary N) is 1. The first-order valence-electron chi connectivity index (χ1n) is 7.47. The smallest absolute Gasteiger partial charge is 0.283 e. The lowest BCUT2D eigenvalue weighted by atomic mass is 9.96. The summed E-state index contributed by atoms with van der Waals surface area (Å²) in [5.41, 5.74) is 0.798. The summed E-state index contributed by atoms with van der Waals surface area (Å²) in [5.74, 6) is 0.501. The summed E-state index contributed by atoms with van der Waals surface area (Å²) < 4.78 is 5.67. The maximum absolute atomic E-state index is 12.3. The van der Waals surface area contributed by atoms with Gasteiger partial charge < -0.3 is 10.1 Å². The fraction of sp³-hybridized carbons (Fsp3) is 0.235. The van der Waals surface area contributed by atoms with Crippen molar-refractivity contribution in [1.82, 2.24) is 5.32 Å². The molecule has 24 heavy (non-hydrogen) atoms. The van der Waals surface area contributed by atoms with E-state index in [9.17, 15) is 14.9 Å². The molecule has 0 saturated carbocycles. The Bertz CT molecular complexity index is 794. The van der Waals surface area contributed by atoms with E-state index in [4.69, 9.17) is 16.3 Å². The Morgan fingerprint density at radius 1 is 1.33 bits per heavy atom. The maximum atomic E-state index is 12.3. The minimum Gasteiger partial charge on any atom is -0.493 e. The minimum absolute atomic E-state index is 0.00141. The largest absolute Gasteiger partial charge is 0.493 e. The van der Waals surface area contributed by atoms with Crippen molar-refractivity contribution in [2.24, 2.45) is 5.92 Å². The molecular weight excluding hydrogens is 332 g/mol. The topological polar surface area (TPSA) is 81.5 Å². The fourth-order valence-electron chi connectivity index (χ4n) is 2.70. The second-order valence-corrected chi connectivity index (χ2v) is 6.05. The molecule has 2 aromatic rings. The van der Waals surface area contributed by atoms with Gasteiger partial charge in [0.15, 0.2) is 0 Å². The van der Waals surface area contributed by atoms with Gasteiger partial charge in [0.05, 0.1) is 11.5 Å². The first-order chi connectivity index (χ1) is 11.5. The van der Waals surface area contributed by atoms with Crippen molar-refractivity contribution < 1.29 is 14.5 Å². The summed E-state index contributed by atoms with van der Waals surface area (Å²) in [7, 11) is 0. The van der Waals surface area contributed by atoms with E-state index in [1.807, 2.05) is 24.3 Å². The second kappa shape index (κ2) is 6.88. The number of ether oxygens (including phenoxy) is 1. The zero-order valence-electron chi connectivity index (χ0n) is 12.7. The number of carbonyl (C=O) groups is 1. The molecule has 1 N–H and O–H groups in total. The zero-order valence-corrected chi connectivity index (χ0v) is 13.5. The van der Waals surface area contributed by atoms with Crippen LogP contribution in [0.15, 0.2) is 42.5 Å². The first kappa shape index (κ1) is 16.3. The Hall–Kier alpha value is -2.60. The van der Waals surface area contributed by atoms with Crippen LogP contribution < -0.4 is 10.1 Å². The van der Waals surface area contributed by atoms with Gasteiger partial charge in [-0.3, -0.25) is 14.9 Å². The summed E-state index contributed by atoms with van der Waals surface area (Å²) >= 11 is 5.76. The van der Waals surface area contributed by atoms with Crippen LogP contribution in [-0.2, 0) is 6.42 Å². The number of hydrogen-bond donors (Lipinski definition) is 1. The van der Waals surface area contributed by atoms with Crippen molar-refractivity contribution in [1.29, 1.82) is 0 Å². The summed E-state index contributed by atoms with van der Waals surface area (Å²) in [6, 6.07) is 11.8. The number of para-hydroxylation sites is 1. The molecule has 0 aliphatic carbocycles. The monoisotopic (exact) mass is 346 g/mol. The summed E-state index contributed by atoms with van der Waals surface area (Å²) in [5, 5.41) is 14.0. The maximum Gasteiger partial charge on any atom is 0.283 e. The highest BCUT2D eigenvalue weighted by atomic mass is 35.5. The predicted octanol–water partition coefficient (Wildman–Crippen LogP) is 3.23. The average molecular weight is 347 g/mol. The lowest BCUT2D eigenvalue weighted by Crippen LogP contribution is -2.35. The van der Waals surface area contributed by atoms with Gasteiger partial charge in [0, 0.05) is 23.6 Å². The van der Waals surface area contributed by atoms with E-state index in [2.05, 4.69) is 5.32 Å². The van der Waals surface area contributed by atoms with Crippen molar-refractivity contribution in [2.75, 3.05) is 13.2 Å². The normalized spacial score (nSPS) is 16.0. The SMILES string of the molecule is O=C(NCC1COc2ccccc2C1)c1ccc(Cl)cc1[N+](=O)[O-]. The molecule has 0 radical (unpaired) electrons. The Morgan fingerprint density at radius 3 is 2.92 bits per heavy atom. The standard InChI is InChI=1S/C17H15ClN2O4/c18-13-5-6-14(15(8-13)20(22)23)17(21)19-9-11-7-12-3-1-2-4-16(12)24-10-11/h1-6,8,11H,7,9-10H2,(H,19,21). The van der Waals surface area contributed by atoms with Gasteiger partial charge in [-0.25, -0.2) is 0 Å². The highest BCUT2D eigenvalue weighted by Crippen LogP contribution is 2.27. The third kappa shape index (κ3) is 3.49. The molecule has 0 fully saturated rings. The van der Waals surface area contributed by atoms with Crippen LogP contribution in [-0.4, -0.2) is 24.0 Å². The molecule has 0 spiro atoms. The third-order valence-corrected chi connectivity index (χ3v) is 4.14. The number of amides is 1. The average Bonchev–Trinajstić information content (AvgIpc) is 2.59. The molecule has 1 aliphatic rings. The number of nitro groups is 1. The quantitative estimate of drug-likeness (QED) is 0.680. The molecule has 1 atom stereocenters. The molecule has 1 aliphatic heterocycles. The molecule has 0 saturated heterocycles.